The van der Waals surface area contributed by atoms with Gasteiger partial charge >= 0.3 is 0 Å². The highest BCUT2D eigenvalue weighted by Gasteiger charge is 2.18. The molecule has 1 saturated heterocycles. The van der Waals surface area contributed by atoms with Gasteiger partial charge in [-0.05, 0) is 44.7 Å². The Kier molecular flexibility index (Phi) is 9.16. The second-order valence-electron chi connectivity index (χ2n) is 5.58. The van der Waals surface area contributed by atoms with Crippen LogP contribution in [0.3, 0.4) is 0 Å². The maximum atomic E-state index is 5.70. The Hall–Kier alpha value is 0.270. The fourth-order valence-electron chi connectivity index (χ4n) is 2.91. The molecule has 0 aromatic carbocycles. The molecule has 0 spiro atoms. The average Bonchev–Trinajstić information content (AvgIpc) is 2.39. The molecule has 0 aromatic heterocycles. The number of nitrogens with two attached hydrogens (primary N) is 1. The predicted molar refractivity (Wildman–Crippen MR) is 84.3 cm³/mol. The van der Waals surface area contributed by atoms with Gasteiger partial charge in [-0.3, -0.25) is 0 Å². The minimum Gasteiger partial charge on any atom is -0.330 e. The lowest BCUT2D eigenvalue weighted by Crippen LogP contribution is -2.38. The van der Waals surface area contributed by atoms with Gasteiger partial charge in [-0.15, -0.1) is 0 Å². The molecule has 1 aliphatic heterocycles. The molecule has 2 unspecified atom stereocenters. The summed E-state index contributed by atoms with van der Waals surface area (Å²) in [7, 11) is 0. The molecule has 108 valence electrons. The molecule has 2 N–H and O–H groups in total. The second-order valence-corrected chi connectivity index (χ2v) is 6.98. The van der Waals surface area contributed by atoms with Crippen LogP contribution in [-0.4, -0.2) is 42.1 Å². The van der Waals surface area contributed by atoms with Gasteiger partial charge in [-0.25, -0.2) is 0 Å². The zero-order valence-corrected chi connectivity index (χ0v) is 13.2. The van der Waals surface area contributed by atoms with Gasteiger partial charge in [-0.2, -0.15) is 11.8 Å². The lowest BCUT2D eigenvalue weighted by Gasteiger charge is -2.32. The fraction of sp³-hybridized carbons (Fsp3) is 1.00. The lowest BCUT2D eigenvalue weighted by molar-refractivity contribution is 0.263. The van der Waals surface area contributed by atoms with Crippen molar-refractivity contribution in [3.8, 4) is 0 Å². The molecule has 0 bridgehead atoms. The maximum Gasteiger partial charge on any atom is 0.0172 e. The zero-order chi connectivity index (χ0) is 13.2. The largest absolute Gasteiger partial charge is 0.330 e. The van der Waals surface area contributed by atoms with E-state index >= 15 is 0 Å². The van der Waals surface area contributed by atoms with E-state index in [1.807, 2.05) is 0 Å². The molecule has 0 aromatic rings. The molecular weight excluding hydrogens is 240 g/mol. The van der Waals surface area contributed by atoms with E-state index in [1.165, 1.54) is 63.9 Å². The van der Waals surface area contributed by atoms with Crippen molar-refractivity contribution in [1.82, 2.24) is 4.90 Å². The molecular formula is C15H32N2S. The van der Waals surface area contributed by atoms with Gasteiger partial charge in [0, 0.05) is 24.1 Å². The first-order valence-corrected chi connectivity index (χ1v) is 8.89. The summed E-state index contributed by atoms with van der Waals surface area (Å²) in [4.78, 5) is 2.68. The van der Waals surface area contributed by atoms with Gasteiger partial charge in [0.1, 0.15) is 0 Å². The van der Waals surface area contributed by atoms with Crippen molar-refractivity contribution in [2.45, 2.75) is 57.6 Å². The van der Waals surface area contributed by atoms with Crippen molar-refractivity contribution in [2.24, 2.45) is 11.7 Å². The number of hydrogen-bond donors (Lipinski definition) is 1. The third-order valence-corrected chi connectivity index (χ3v) is 5.41. The van der Waals surface area contributed by atoms with Crippen LogP contribution < -0.4 is 5.73 Å². The Morgan fingerprint density at radius 3 is 2.78 bits per heavy atom. The van der Waals surface area contributed by atoms with Crippen LogP contribution in [0.15, 0.2) is 0 Å². The van der Waals surface area contributed by atoms with E-state index in [1.54, 1.807) is 0 Å². The van der Waals surface area contributed by atoms with Crippen LogP contribution in [0, 0.1) is 5.92 Å². The molecule has 2 atom stereocenters. The first-order valence-electron chi connectivity index (χ1n) is 7.84. The van der Waals surface area contributed by atoms with Crippen LogP contribution in [-0.2, 0) is 0 Å². The van der Waals surface area contributed by atoms with Crippen molar-refractivity contribution in [2.75, 3.05) is 31.9 Å². The molecule has 0 amide bonds. The van der Waals surface area contributed by atoms with Crippen molar-refractivity contribution in [1.29, 1.82) is 0 Å². The van der Waals surface area contributed by atoms with Gasteiger partial charge < -0.3 is 10.6 Å². The molecule has 3 heteroatoms. The minimum atomic E-state index is 0.864. The van der Waals surface area contributed by atoms with Crippen LogP contribution in [0.1, 0.15) is 52.4 Å². The average molecular weight is 273 g/mol. The van der Waals surface area contributed by atoms with Gasteiger partial charge in [0.25, 0.3) is 0 Å². The summed E-state index contributed by atoms with van der Waals surface area (Å²) < 4.78 is 0. The SMILES string of the molecule is CCCC(CCN)CCCN1CCSC(CC)C1. The van der Waals surface area contributed by atoms with Crippen LogP contribution in [0.5, 0.6) is 0 Å². The van der Waals surface area contributed by atoms with E-state index in [0.717, 1.165) is 17.7 Å². The summed E-state index contributed by atoms with van der Waals surface area (Å²) in [5.41, 5.74) is 5.70. The highest BCUT2D eigenvalue weighted by Crippen LogP contribution is 2.22. The smallest absolute Gasteiger partial charge is 0.0172 e. The van der Waals surface area contributed by atoms with E-state index in [9.17, 15) is 0 Å². The standard InChI is InChI=1S/C15H32N2S/c1-3-6-14(8-9-16)7-5-10-17-11-12-18-15(4-2)13-17/h14-15H,3-13,16H2,1-2H3. The predicted octanol–water partition coefficient (Wildman–Crippen LogP) is 3.36. The maximum absolute atomic E-state index is 5.70. The van der Waals surface area contributed by atoms with E-state index in [2.05, 4.69) is 30.5 Å². The monoisotopic (exact) mass is 272 g/mol. The third kappa shape index (κ3) is 6.44. The summed E-state index contributed by atoms with van der Waals surface area (Å²) in [5.74, 6) is 2.21. The Bertz CT molecular complexity index is 193. The van der Waals surface area contributed by atoms with Gasteiger partial charge in [-0.1, -0.05) is 26.7 Å². The summed E-state index contributed by atoms with van der Waals surface area (Å²) in [6.07, 6.45) is 7.97. The quantitative estimate of drug-likeness (QED) is 0.698. The van der Waals surface area contributed by atoms with E-state index in [4.69, 9.17) is 5.73 Å². The van der Waals surface area contributed by atoms with Crippen LogP contribution >= 0.6 is 11.8 Å². The molecule has 1 fully saturated rings. The van der Waals surface area contributed by atoms with E-state index in [-0.39, 0.29) is 0 Å². The van der Waals surface area contributed by atoms with Crippen LogP contribution in [0.2, 0.25) is 0 Å². The van der Waals surface area contributed by atoms with Crippen LogP contribution in [0.25, 0.3) is 0 Å². The third-order valence-electron chi connectivity index (χ3n) is 4.04. The zero-order valence-electron chi connectivity index (χ0n) is 12.4. The van der Waals surface area contributed by atoms with E-state index < -0.39 is 0 Å². The van der Waals surface area contributed by atoms with Crippen LogP contribution in [0.4, 0.5) is 0 Å². The Morgan fingerprint density at radius 2 is 2.11 bits per heavy atom. The molecule has 1 aliphatic rings. The first kappa shape index (κ1) is 16.3. The van der Waals surface area contributed by atoms with Gasteiger partial charge in [0.05, 0.1) is 0 Å². The Morgan fingerprint density at radius 1 is 1.28 bits per heavy atom. The van der Waals surface area contributed by atoms with Crippen molar-refractivity contribution >= 4 is 11.8 Å². The normalized spacial score (nSPS) is 23.2. The Labute approximate surface area is 118 Å². The van der Waals surface area contributed by atoms with E-state index in [0.29, 0.717) is 0 Å². The number of rotatable bonds is 9. The lowest BCUT2D eigenvalue weighted by atomic mass is 9.94. The number of hydrogen-bond acceptors (Lipinski definition) is 3. The summed E-state index contributed by atoms with van der Waals surface area (Å²) in [5, 5.41) is 0.884. The molecule has 0 saturated carbocycles. The van der Waals surface area contributed by atoms with Crippen molar-refractivity contribution in [3.63, 3.8) is 0 Å². The summed E-state index contributed by atoms with van der Waals surface area (Å²) >= 11 is 2.16. The summed E-state index contributed by atoms with van der Waals surface area (Å²) in [6.45, 7) is 9.40. The first-order chi connectivity index (χ1) is 8.80. The molecule has 0 radical (unpaired) electrons. The molecule has 0 aliphatic carbocycles. The highest BCUT2D eigenvalue weighted by atomic mass is 32.2. The van der Waals surface area contributed by atoms with Gasteiger partial charge in [0.15, 0.2) is 0 Å². The topological polar surface area (TPSA) is 29.3 Å². The molecule has 1 heterocycles. The fourth-order valence-corrected chi connectivity index (χ4v) is 4.16. The van der Waals surface area contributed by atoms with Crippen molar-refractivity contribution < 1.29 is 0 Å². The second kappa shape index (κ2) is 10.1. The Balaban J connectivity index is 2.15. The number of thioether (sulfide) groups is 1. The molecule has 18 heavy (non-hydrogen) atoms. The van der Waals surface area contributed by atoms with Crippen molar-refractivity contribution in [3.05, 3.63) is 0 Å². The minimum absolute atomic E-state index is 0.864. The molecule has 1 rings (SSSR count). The van der Waals surface area contributed by atoms with Gasteiger partial charge in [0.2, 0.25) is 0 Å². The molecule has 2 nitrogen and oxygen atoms in total. The summed E-state index contributed by atoms with van der Waals surface area (Å²) in [6, 6.07) is 0. The highest BCUT2D eigenvalue weighted by molar-refractivity contribution is 8.00. The number of nitrogens with zero attached hydrogens (tertiary/aromatic N) is 1.